The molecule has 2 N–H and O–H groups in total. The van der Waals surface area contributed by atoms with Crippen LogP contribution in [0.1, 0.15) is 56.0 Å². The van der Waals surface area contributed by atoms with E-state index >= 15 is 0 Å². The number of carbonyl (C=O) groups excluding carboxylic acids is 1. The molecule has 0 radical (unpaired) electrons. The van der Waals surface area contributed by atoms with E-state index in [0.717, 1.165) is 42.2 Å². The molecule has 0 spiro atoms. The van der Waals surface area contributed by atoms with Gasteiger partial charge in [-0.1, -0.05) is 38.3 Å². The van der Waals surface area contributed by atoms with Crippen molar-refractivity contribution in [2.24, 2.45) is 5.92 Å². The predicted octanol–water partition coefficient (Wildman–Crippen LogP) is 3.98. The zero-order valence-corrected chi connectivity index (χ0v) is 13.3. The Labute approximate surface area is 123 Å². The number of benzene rings is 1. The fourth-order valence-electron chi connectivity index (χ4n) is 2.17. The zero-order valence-electron chi connectivity index (χ0n) is 13.3. The van der Waals surface area contributed by atoms with Crippen molar-refractivity contribution >= 4 is 11.6 Å². The molecule has 1 amide bonds. The third kappa shape index (κ3) is 5.64. The van der Waals surface area contributed by atoms with Crippen molar-refractivity contribution in [3.8, 4) is 0 Å². The molecule has 3 nitrogen and oxygen atoms in total. The van der Waals surface area contributed by atoms with Crippen LogP contribution < -0.4 is 10.6 Å². The molecular formula is C17H28N2O. The average molecular weight is 276 g/mol. The van der Waals surface area contributed by atoms with Crippen molar-refractivity contribution in [3.63, 3.8) is 0 Å². The molecule has 0 aliphatic carbocycles. The summed E-state index contributed by atoms with van der Waals surface area (Å²) < 4.78 is 0. The first-order chi connectivity index (χ1) is 9.54. The number of hydrogen-bond acceptors (Lipinski definition) is 2. The summed E-state index contributed by atoms with van der Waals surface area (Å²) in [6.07, 6.45) is 3.45. The fraction of sp³-hybridized carbons (Fsp3) is 0.588. The number of anilines is 1. The van der Waals surface area contributed by atoms with Crippen LogP contribution in [0.3, 0.4) is 0 Å². The van der Waals surface area contributed by atoms with E-state index in [4.69, 9.17) is 0 Å². The molecule has 1 rings (SSSR count). The summed E-state index contributed by atoms with van der Waals surface area (Å²) in [4.78, 5) is 12.2. The first kappa shape index (κ1) is 16.5. The molecule has 3 heteroatoms. The predicted molar refractivity (Wildman–Crippen MR) is 86.4 cm³/mol. The molecule has 0 heterocycles. The van der Waals surface area contributed by atoms with E-state index in [-0.39, 0.29) is 5.91 Å². The summed E-state index contributed by atoms with van der Waals surface area (Å²) in [7, 11) is 0. The van der Waals surface area contributed by atoms with Gasteiger partial charge in [-0.05, 0) is 38.3 Å². The normalized spacial score (nSPS) is 10.7. The molecule has 1 aromatic carbocycles. The molecule has 0 aliphatic rings. The van der Waals surface area contributed by atoms with Crippen LogP contribution in [0.25, 0.3) is 0 Å². The second-order valence-electron chi connectivity index (χ2n) is 5.72. The molecule has 0 atom stereocenters. The summed E-state index contributed by atoms with van der Waals surface area (Å²) in [5.74, 6) is 0.761. The first-order valence-electron chi connectivity index (χ1n) is 7.67. The summed E-state index contributed by atoms with van der Waals surface area (Å²) >= 11 is 0. The van der Waals surface area contributed by atoms with E-state index in [0.29, 0.717) is 0 Å². The number of amides is 1. The molecule has 1 aromatic rings. The molecular weight excluding hydrogens is 248 g/mol. The summed E-state index contributed by atoms with van der Waals surface area (Å²) in [6, 6.07) is 5.95. The number of rotatable bonds is 8. The van der Waals surface area contributed by atoms with E-state index in [1.807, 2.05) is 32.0 Å². The van der Waals surface area contributed by atoms with Crippen LogP contribution in [0.2, 0.25) is 0 Å². The van der Waals surface area contributed by atoms with Gasteiger partial charge in [-0.3, -0.25) is 4.79 Å². The van der Waals surface area contributed by atoms with Crippen molar-refractivity contribution < 1.29 is 4.79 Å². The van der Waals surface area contributed by atoms with E-state index < -0.39 is 0 Å². The minimum absolute atomic E-state index is 0.0224. The molecule has 0 aromatic heterocycles. The van der Waals surface area contributed by atoms with Crippen LogP contribution in [-0.2, 0) is 0 Å². The Morgan fingerprint density at radius 3 is 2.65 bits per heavy atom. The molecule has 0 saturated carbocycles. The number of unbranched alkanes of at least 4 members (excludes halogenated alkanes) is 1. The van der Waals surface area contributed by atoms with Gasteiger partial charge in [0.25, 0.3) is 5.91 Å². The highest BCUT2D eigenvalue weighted by Gasteiger charge is 2.10. The van der Waals surface area contributed by atoms with Crippen molar-refractivity contribution in [1.82, 2.24) is 5.32 Å². The standard InChI is InChI=1S/C17H28N2O/c1-5-18-16-10-9-14(4)12-15(16)17(20)19-11-7-6-8-13(2)3/h9-10,12-13,18H,5-8,11H2,1-4H3,(H,19,20). The van der Waals surface area contributed by atoms with Crippen molar-refractivity contribution in [2.75, 3.05) is 18.4 Å². The van der Waals surface area contributed by atoms with Gasteiger partial charge in [-0.15, -0.1) is 0 Å². The second kappa shape index (κ2) is 8.62. The molecule has 0 saturated heterocycles. The minimum atomic E-state index is 0.0224. The lowest BCUT2D eigenvalue weighted by atomic mass is 10.1. The Balaban J connectivity index is 2.52. The van der Waals surface area contributed by atoms with E-state index in [1.54, 1.807) is 0 Å². The van der Waals surface area contributed by atoms with Gasteiger partial charge in [0, 0.05) is 18.8 Å². The largest absolute Gasteiger partial charge is 0.385 e. The molecule has 112 valence electrons. The van der Waals surface area contributed by atoms with E-state index in [9.17, 15) is 4.79 Å². The summed E-state index contributed by atoms with van der Waals surface area (Å²) in [5, 5.41) is 6.26. The van der Waals surface area contributed by atoms with Gasteiger partial charge in [0.15, 0.2) is 0 Å². The quantitative estimate of drug-likeness (QED) is 0.705. The Hall–Kier alpha value is -1.51. The second-order valence-corrected chi connectivity index (χ2v) is 5.72. The number of aryl methyl sites for hydroxylation is 1. The molecule has 0 bridgehead atoms. The van der Waals surface area contributed by atoms with Gasteiger partial charge in [0.2, 0.25) is 0 Å². The molecule has 20 heavy (non-hydrogen) atoms. The van der Waals surface area contributed by atoms with Crippen molar-refractivity contribution in [3.05, 3.63) is 29.3 Å². The average Bonchev–Trinajstić information content (AvgIpc) is 2.40. The highest BCUT2D eigenvalue weighted by molar-refractivity contribution is 5.99. The third-order valence-electron chi connectivity index (χ3n) is 3.28. The van der Waals surface area contributed by atoms with Gasteiger partial charge < -0.3 is 10.6 Å². The summed E-state index contributed by atoms with van der Waals surface area (Å²) in [5.41, 5.74) is 2.77. The fourth-order valence-corrected chi connectivity index (χ4v) is 2.17. The lowest BCUT2D eigenvalue weighted by molar-refractivity contribution is 0.0953. The minimum Gasteiger partial charge on any atom is -0.385 e. The van der Waals surface area contributed by atoms with Gasteiger partial charge in [0.1, 0.15) is 0 Å². The van der Waals surface area contributed by atoms with Gasteiger partial charge >= 0.3 is 0 Å². The highest BCUT2D eigenvalue weighted by atomic mass is 16.1. The van der Waals surface area contributed by atoms with E-state index in [1.165, 1.54) is 12.8 Å². The lowest BCUT2D eigenvalue weighted by Gasteiger charge is -2.12. The lowest BCUT2D eigenvalue weighted by Crippen LogP contribution is -2.25. The maximum atomic E-state index is 12.2. The van der Waals surface area contributed by atoms with Crippen LogP contribution in [0.4, 0.5) is 5.69 Å². The third-order valence-corrected chi connectivity index (χ3v) is 3.28. The van der Waals surface area contributed by atoms with Crippen molar-refractivity contribution in [2.45, 2.75) is 47.0 Å². The highest BCUT2D eigenvalue weighted by Crippen LogP contribution is 2.17. The monoisotopic (exact) mass is 276 g/mol. The van der Waals surface area contributed by atoms with E-state index in [2.05, 4.69) is 24.5 Å². The van der Waals surface area contributed by atoms with Crippen molar-refractivity contribution in [1.29, 1.82) is 0 Å². The van der Waals surface area contributed by atoms with Crippen LogP contribution >= 0.6 is 0 Å². The van der Waals surface area contributed by atoms with Gasteiger partial charge in [-0.2, -0.15) is 0 Å². The summed E-state index contributed by atoms with van der Waals surface area (Å²) in [6.45, 7) is 10.1. The van der Waals surface area contributed by atoms with Crippen LogP contribution in [0.5, 0.6) is 0 Å². The molecule has 0 aliphatic heterocycles. The number of hydrogen-bond donors (Lipinski definition) is 2. The Morgan fingerprint density at radius 2 is 2.00 bits per heavy atom. The van der Waals surface area contributed by atoms with Crippen LogP contribution in [0.15, 0.2) is 18.2 Å². The molecule has 0 fully saturated rings. The topological polar surface area (TPSA) is 41.1 Å². The first-order valence-corrected chi connectivity index (χ1v) is 7.67. The smallest absolute Gasteiger partial charge is 0.253 e. The van der Waals surface area contributed by atoms with Gasteiger partial charge in [-0.25, -0.2) is 0 Å². The SMILES string of the molecule is CCNc1ccc(C)cc1C(=O)NCCCCC(C)C. The Bertz CT molecular complexity index is 427. The number of nitrogens with one attached hydrogen (secondary N) is 2. The maximum absolute atomic E-state index is 12.2. The zero-order chi connectivity index (χ0) is 15.0. The van der Waals surface area contributed by atoms with Crippen LogP contribution in [0, 0.1) is 12.8 Å². The maximum Gasteiger partial charge on any atom is 0.253 e. The van der Waals surface area contributed by atoms with Crippen LogP contribution in [-0.4, -0.2) is 19.0 Å². The Morgan fingerprint density at radius 1 is 1.25 bits per heavy atom. The van der Waals surface area contributed by atoms with Gasteiger partial charge in [0.05, 0.1) is 5.56 Å². The Kier molecular flexibility index (Phi) is 7.13. The number of carbonyl (C=O) groups is 1. The molecule has 0 unspecified atom stereocenters.